The van der Waals surface area contributed by atoms with Crippen LogP contribution in [0.3, 0.4) is 0 Å². The zero-order chi connectivity index (χ0) is 11.5. The first-order chi connectivity index (χ1) is 7.01. The van der Waals surface area contributed by atoms with Crippen molar-refractivity contribution >= 4 is 5.97 Å². The van der Waals surface area contributed by atoms with Crippen LogP contribution < -0.4 is 0 Å². The quantitative estimate of drug-likeness (QED) is 0.714. The Morgan fingerprint density at radius 2 is 1.93 bits per heavy atom. The highest BCUT2D eigenvalue weighted by molar-refractivity contribution is 5.74. The second kappa shape index (κ2) is 4.94. The lowest BCUT2D eigenvalue weighted by atomic mass is 9.75. The fourth-order valence-corrected chi connectivity index (χ4v) is 2.27. The third-order valence-electron chi connectivity index (χ3n) is 3.06. The van der Waals surface area contributed by atoms with Crippen molar-refractivity contribution in [2.24, 2.45) is 11.8 Å². The van der Waals surface area contributed by atoms with Crippen LogP contribution in [0, 0.1) is 11.8 Å². The molecule has 4 nitrogen and oxygen atoms in total. The standard InChI is InChI=1S/C11H20O4/c1-8(2)9(10(12)14-3)11(13)4-6-15-7-5-11/h8-9,13H,4-7H2,1-3H3. The Balaban J connectivity index is 2.81. The van der Waals surface area contributed by atoms with Gasteiger partial charge >= 0.3 is 5.97 Å². The monoisotopic (exact) mass is 216 g/mol. The van der Waals surface area contributed by atoms with E-state index in [0.717, 1.165) is 0 Å². The summed E-state index contributed by atoms with van der Waals surface area (Å²) in [6.07, 6.45) is 1.01. The summed E-state index contributed by atoms with van der Waals surface area (Å²) in [6, 6.07) is 0. The molecule has 1 aliphatic heterocycles. The molecule has 1 N–H and O–H groups in total. The summed E-state index contributed by atoms with van der Waals surface area (Å²) in [7, 11) is 1.36. The van der Waals surface area contributed by atoms with Gasteiger partial charge in [0, 0.05) is 26.1 Å². The van der Waals surface area contributed by atoms with Crippen LogP contribution in [-0.2, 0) is 14.3 Å². The van der Waals surface area contributed by atoms with Crippen molar-refractivity contribution < 1.29 is 19.4 Å². The van der Waals surface area contributed by atoms with Gasteiger partial charge in [0.05, 0.1) is 18.6 Å². The van der Waals surface area contributed by atoms with Crippen molar-refractivity contribution in [2.75, 3.05) is 20.3 Å². The van der Waals surface area contributed by atoms with Gasteiger partial charge in [-0.05, 0) is 5.92 Å². The van der Waals surface area contributed by atoms with Crippen LogP contribution in [0.25, 0.3) is 0 Å². The van der Waals surface area contributed by atoms with Gasteiger partial charge < -0.3 is 14.6 Å². The Morgan fingerprint density at radius 3 is 2.33 bits per heavy atom. The van der Waals surface area contributed by atoms with E-state index in [0.29, 0.717) is 26.1 Å². The van der Waals surface area contributed by atoms with Gasteiger partial charge in [0.15, 0.2) is 0 Å². The van der Waals surface area contributed by atoms with E-state index >= 15 is 0 Å². The lowest BCUT2D eigenvalue weighted by Gasteiger charge is -2.39. The molecule has 1 fully saturated rings. The summed E-state index contributed by atoms with van der Waals surface area (Å²) in [5.74, 6) is -0.707. The number of ether oxygens (including phenoxy) is 2. The van der Waals surface area contributed by atoms with Crippen molar-refractivity contribution in [2.45, 2.75) is 32.3 Å². The SMILES string of the molecule is COC(=O)C(C(C)C)C1(O)CCOCC1. The maximum absolute atomic E-state index is 11.6. The van der Waals surface area contributed by atoms with Gasteiger partial charge in [0.1, 0.15) is 0 Å². The summed E-state index contributed by atoms with van der Waals surface area (Å²) >= 11 is 0. The average molecular weight is 216 g/mol. The van der Waals surface area contributed by atoms with E-state index < -0.39 is 11.5 Å². The molecular formula is C11H20O4. The highest BCUT2D eigenvalue weighted by Gasteiger charge is 2.44. The second-order valence-corrected chi connectivity index (χ2v) is 4.46. The summed E-state index contributed by atoms with van der Waals surface area (Å²) in [4.78, 5) is 11.6. The molecule has 0 aromatic carbocycles. The van der Waals surface area contributed by atoms with Crippen molar-refractivity contribution in [3.05, 3.63) is 0 Å². The van der Waals surface area contributed by atoms with Crippen LogP contribution in [0.15, 0.2) is 0 Å². The number of esters is 1. The predicted octanol–water partition coefficient (Wildman–Crippen LogP) is 0.973. The Hall–Kier alpha value is -0.610. The largest absolute Gasteiger partial charge is 0.469 e. The first-order valence-corrected chi connectivity index (χ1v) is 5.39. The summed E-state index contributed by atoms with van der Waals surface area (Å²) in [5.41, 5.74) is -0.959. The zero-order valence-corrected chi connectivity index (χ0v) is 9.66. The molecule has 0 bridgehead atoms. The van der Waals surface area contributed by atoms with E-state index in [1.165, 1.54) is 7.11 Å². The molecule has 0 aromatic rings. The highest BCUT2D eigenvalue weighted by atomic mass is 16.5. The van der Waals surface area contributed by atoms with Crippen molar-refractivity contribution in [1.29, 1.82) is 0 Å². The van der Waals surface area contributed by atoms with Crippen molar-refractivity contribution in [1.82, 2.24) is 0 Å². The Kier molecular flexibility index (Phi) is 4.11. The van der Waals surface area contributed by atoms with E-state index in [4.69, 9.17) is 9.47 Å². The van der Waals surface area contributed by atoms with E-state index in [-0.39, 0.29) is 11.9 Å². The lowest BCUT2D eigenvalue weighted by molar-refractivity contribution is -0.168. The zero-order valence-electron chi connectivity index (χ0n) is 9.66. The molecule has 4 heteroatoms. The molecule has 0 spiro atoms. The minimum atomic E-state index is -0.959. The normalized spacial score (nSPS) is 22.5. The number of carbonyl (C=O) groups is 1. The molecule has 88 valence electrons. The van der Waals surface area contributed by atoms with Crippen LogP contribution >= 0.6 is 0 Å². The molecule has 1 heterocycles. The van der Waals surface area contributed by atoms with Crippen LogP contribution in [-0.4, -0.2) is 37.0 Å². The minimum absolute atomic E-state index is 0.0700. The molecule has 0 saturated carbocycles. The minimum Gasteiger partial charge on any atom is -0.469 e. The smallest absolute Gasteiger partial charge is 0.311 e. The molecule has 1 rings (SSSR count). The molecule has 1 saturated heterocycles. The fraction of sp³-hybridized carbons (Fsp3) is 0.909. The maximum Gasteiger partial charge on any atom is 0.311 e. The summed E-state index contributed by atoms with van der Waals surface area (Å²) in [5, 5.41) is 10.4. The predicted molar refractivity (Wildman–Crippen MR) is 55.3 cm³/mol. The van der Waals surface area contributed by atoms with Crippen molar-refractivity contribution in [3.8, 4) is 0 Å². The Labute approximate surface area is 90.6 Å². The van der Waals surface area contributed by atoms with E-state index in [2.05, 4.69) is 0 Å². The average Bonchev–Trinajstić information content (AvgIpc) is 2.17. The molecule has 0 aliphatic carbocycles. The van der Waals surface area contributed by atoms with Gasteiger partial charge in [-0.25, -0.2) is 0 Å². The number of carbonyl (C=O) groups excluding carboxylic acids is 1. The molecule has 0 amide bonds. The molecule has 1 aliphatic rings. The molecular weight excluding hydrogens is 196 g/mol. The number of rotatable bonds is 3. The molecule has 15 heavy (non-hydrogen) atoms. The number of hydrogen-bond donors (Lipinski definition) is 1. The summed E-state index contributed by atoms with van der Waals surface area (Å²) in [6.45, 7) is 4.87. The number of methoxy groups -OCH3 is 1. The Bertz CT molecular complexity index is 219. The van der Waals surface area contributed by atoms with Gasteiger partial charge in [-0.1, -0.05) is 13.8 Å². The van der Waals surface area contributed by atoms with E-state index in [1.54, 1.807) is 0 Å². The van der Waals surface area contributed by atoms with E-state index in [1.807, 2.05) is 13.8 Å². The van der Waals surface area contributed by atoms with Gasteiger partial charge in [-0.2, -0.15) is 0 Å². The van der Waals surface area contributed by atoms with Crippen LogP contribution in [0.2, 0.25) is 0 Å². The van der Waals surface area contributed by atoms with Crippen molar-refractivity contribution in [3.63, 3.8) is 0 Å². The number of aliphatic hydroxyl groups is 1. The van der Waals surface area contributed by atoms with Crippen LogP contribution in [0.4, 0.5) is 0 Å². The third-order valence-corrected chi connectivity index (χ3v) is 3.06. The van der Waals surface area contributed by atoms with Gasteiger partial charge in [-0.3, -0.25) is 4.79 Å². The topological polar surface area (TPSA) is 55.8 Å². The van der Waals surface area contributed by atoms with Gasteiger partial charge in [0.25, 0.3) is 0 Å². The molecule has 1 atom stereocenters. The third kappa shape index (κ3) is 2.69. The lowest BCUT2D eigenvalue weighted by Crippen LogP contribution is -2.49. The maximum atomic E-state index is 11.6. The first-order valence-electron chi connectivity index (χ1n) is 5.39. The fourth-order valence-electron chi connectivity index (χ4n) is 2.27. The second-order valence-electron chi connectivity index (χ2n) is 4.46. The number of hydrogen-bond acceptors (Lipinski definition) is 4. The van der Waals surface area contributed by atoms with E-state index in [9.17, 15) is 9.90 Å². The highest BCUT2D eigenvalue weighted by Crippen LogP contribution is 2.34. The molecule has 1 unspecified atom stereocenters. The van der Waals surface area contributed by atoms with Crippen LogP contribution in [0.1, 0.15) is 26.7 Å². The molecule has 0 radical (unpaired) electrons. The first kappa shape index (κ1) is 12.5. The Morgan fingerprint density at radius 1 is 1.40 bits per heavy atom. The summed E-state index contributed by atoms with van der Waals surface area (Å²) < 4.78 is 9.95. The van der Waals surface area contributed by atoms with Gasteiger partial charge in [0.2, 0.25) is 0 Å². The van der Waals surface area contributed by atoms with Gasteiger partial charge in [-0.15, -0.1) is 0 Å². The molecule has 0 aromatic heterocycles. The van der Waals surface area contributed by atoms with Crippen LogP contribution in [0.5, 0.6) is 0 Å².